The van der Waals surface area contributed by atoms with Crippen LogP contribution in [0.2, 0.25) is 5.02 Å². The van der Waals surface area contributed by atoms with Gasteiger partial charge in [-0.05, 0) is 30.5 Å². The van der Waals surface area contributed by atoms with Gasteiger partial charge in [-0.2, -0.15) is 0 Å². The standard InChI is InChI=1S/C23H21ClFN3O2/c1-30-20(29)12-11-19-21(15-5-3-2-4-6-15)27-28-22(26-19)23(13-18(25)14-23)16-7-9-17(24)10-8-16/h2-10,18H,11-14H2,1H3. The predicted octanol–water partition coefficient (Wildman–Crippen LogP) is 4.72. The molecule has 1 fully saturated rings. The number of aryl methyl sites for hydroxylation is 1. The zero-order valence-electron chi connectivity index (χ0n) is 16.5. The number of halogens is 2. The summed E-state index contributed by atoms with van der Waals surface area (Å²) in [7, 11) is 1.36. The molecule has 0 unspecified atom stereocenters. The zero-order chi connectivity index (χ0) is 21.1. The van der Waals surface area contributed by atoms with Gasteiger partial charge in [0.25, 0.3) is 0 Å². The van der Waals surface area contributed by atoms with Gasteiger partial charge in [0.2, 0.25) is 0 Å². The molecule has 0 saturated heterocycles. The molecule has 1 aliphatic rings. The number of rotatable bonds is 6. The molecule has 0 bridgehead atoms. The molecule has 0 N–H and O–H groups in total. The number of esters is 1. The third kappa shape index (κ3) is 3.92. The predicted molar refractivity (Wildman–Crippen MR) is 112 cm³/mol. The number of aromatic nitrogens is 3. The molecule has 154 valence electrons. The quantitative estimate of drug-likeness (QED) is 0.535. The first-order chi connectivity index (χ1) is 14.5. The third-order valence-corrected chi connectivity index (χ3v) is 5.82. The summed E-state index contributed by atoms with van der Waals surface area (Å²) in [6, 6.07) is 16.9. The molecule has 0 aliphatic heterocycles. The molecule has 0 radical (unpaired) electrons. The first-order valence-corrected chi connectivity index (χ1v) is 10.2. The highest BCUT2D eigenvalue weighted by atomic mass is 35.5. The Bertz CT molecular complexity index is 1040. The Balaban J connectivity index is 1.77. The average molecular weight is 426 g/mol. The van der Waals surface area contributed by atoms with E-state index in [-0.39, 0.29) is 25.2 Å². The van der Waals surface area contributed by atoms with E-state index in [1.54, 1.807) is 12.1 Å². The van der Waals surface area contributed by atoms with Crippen LogP contribution in [0.5, 0.6) is 0 Å². The number of benzene rings is 2. The Morgan fingerprint density at radius 1 is 1.13 bits per heavy atom. The summed E-state index contributed by atoms with van der Waals surface area (Å²) >= 11 is 6.03. The smallest absolute Gasteiger partial charge is 0.305 e. The summed E-state index contributed by atoms with van der Waals surface area (Å²) < 4.78 is 18.8. The lowest BCUT2D eigenvalue weighted by atomic mass is 9.62. The van der Waals surface area contributed by atoms with Crippen LogP contribution in [0.15, 0.2) is 54.6 Å². The van der Waals surface area contributed by atoms with Crippen LogP contribution < -0.4 is 0 Å². The first kappa shape index (κ1) is 20.4. The van der Waals surface area contributed by atoms with Crippen LogP contribution in [0.1, 0.15) is 36.3 Å². The van der Waals surface area contributed by atoms with Crippen molar-refractivity contribution in [2.75, 3.05) is 7.11 Å². The Morgan fingerprint density at radius 2 is 1.83 bits per heavy atom. The van der Waals surface area contributed by atoms with Gasteiger partial charge >= 0.3 is 5.97 Å². The van der Waals surface area contributed by atoms with Crippen molar-refractivity contribution in [3.05, 3.63) is 76.7 Å². The van der Waals surface area contributed by atoms with E-state index < -0.39 is 11.6 Å². The minimum Gasteiger partial charge on any atom is -0.469 e. The van der Waals surface area contributed by atoms with Crippen LogP contribution in [-0.2, 0) is 21.4 Å². The molecule has 5 nitrogen and oxygen atoms in total. The highest BCUT2D eigenvalue weighted by Crippen LogP contribution is 2.49. The summed E-state index contributed by atoms with van der Waals surface area (Å²) in [5, 5.41) is 9.48. The minimum absolute atomic E-state index is 0.175. The zero-order valence-corrected chi connectivity index (χ0v) is 17.3. The van der Waals surface area contributed by atoms with Crippen molar-refractivity contribution < 1.29 is 13.9 Å². The molecule has 1 aromatic heterocycles. The Morgan fingerprint density at radius 3 is 2.47 bits per heavy atom. The normalized spacial score (nSPS) is 20.4. The summed E-state index contributed by atoms with van der Waals surface area (Å²) in [6.45, 7) is 0. The maximum Gasteiger partial charge on any atom is 0.305 e. The number of hydrogen-bond acceptors (Lipinski definition) is 5. The van der Waals surface area contributed by atoms with E-state index in [0.717, 1.165) is 11.1 Å². The van der Waals surface area contributed by atoms with Crippen LogP contribution in [0, 0.1) is 0 Å². The Kier molecular flexibility index (Phi) is 5.77. The summed E-state index contributed by atoms with van der Waals surface area (Å²) in [6.07, 6.45) is 0.190. The van der Waals surface area contributed by atoms with Gasteiger partial charge in [0, 0.05) is 17.0 Å². The second-order valence-corrected chi connectivity index (χ2v) is 7.90. The topological polar surface area (TPSA) is 65.0 Å². The van der Waals surface area contributed by atoms with Gasteiger partial charge < -0.3 is 4.74 Å². The average Bonchev–Trinajstić information content (AvgIpc) is 2.76. The largest absolute Gasteiger partial charge is 0.469 e. The van der Waals surface area contributed by atoms with E-state index in [1.807, 2.05) is 42.5 Å². The fourth-order valence-corrected chi connectivity index (χ4v) is 4.02. The van der Waals surface area contributed by atoms with E-state index in [9.17, 15) is 9.18 Å². The van der Waals surface area contributed by atoms with E-state index in [4.69, 9.17) is 21.3 Å². The molecule has 7 heteroatoms. The van der Waals surface area contributed by atoms with Crippen molar-refractivity contribution in [3.63, 3.8) is 0 Å². The highest BCUT2D eigenvalue weighted by Gasteiger charge is 2.50. The number of nitrogens with zero attached hydrogens (tertiary/aromatic N) is 3. The van der Waals surface area contributed by atoms with Crippen LogP contribution in [0.3, 0.4) is 0 Å². The Labute approximate surface area is 179 Å². The number of alkyl halides is 1. The lowest BCUT2D eigenvalue weighted by Crippen LogP contribution is -2.45. The van der Waals surface area contributed by atoms with Crippen LogP contribution in [-0.4, -0.2) is 34.4 Å². The molecule has 4 rings (SSSR count). The second kappa shape index (κ2) is 8.48. The number of hydrogen-bond donors (Lipinski definition) is 0. The third-order valence-electron chi connectivity index (χ3n) is 5.56. The monoisotopic (exact) mass is 425 g/mol. The number of carbonyl (C=O) groups is 1. The molecule has 1 heterocycles. The summed E-state index contributed by atoms with van der Waals surface area (Å²) in [5.74, 6) is 0.146. The van der Waals surface area contributed by atoms with E-state index in [0.29, 0.717) is 28.7 Å². The van der Waals surface area contributed by atoms with Crippen molar-refractivity contribution in [3.8, 4) is 11.3 Å². The minimum atomic E-state index is -0.920. The number of ether oxygens (including phenoxy) is 1. The first-order valence-electron chi connectivity index (χ1n) is 9.78. The van der Waals surface area contributed by atoms with Crippen molar-refractivity contribution in [2.24, 2.45) is 0 Å². The van der Waals surface area contributed by atoms with Gasteiger partial charge in [0.05, 0.1) is 24.6 Å². The van der Waals surface area contributed by atoms with Crippen molar-refractivity contribution in [1.29, 1.82) is 0 Å². The van der Waals surface area contributed by atoms with E-state index in [1.165, 1.54) is 7.11 Å². The van der Waals surface area contributed by atoms with Crippen molar-refractivity contribution in [2.45, 2.75) is 37.3 Å². The lowest BCUT2D eigenvalue weighted by molar-refractivity contribution is -0.140. The molecular weight excluding hydrogens is 405 g/mol. The molecule has 0 atom stereocenters. The van der Waals surface area contributed by atoms with Gasteiger partial charge in [0.1, 0.15) is 11.9 Å². The van der Waals surface area contributed by atoms with Crippen LogP contribution in [0.4, 0.5) is 4.39 Å². The van der Waals surface area contributed by atoms with Gasteiger partial charge in [-0.25, -0.2) is 9.37 Å². The van der Waals surface area contributed by atoms with Crippen LogP contribution in [0.25, 0.3) is 11.3 Å². The second-order valence-electron chi connectivity index (χ2n) is 7.47. The number of methoxy groups -OCH3 is 1. The van der Waals surface area contributed by atoms with Gasteiger partial charge in [-0.1, -0.05) is 54.1 Å². The molecule has 1 saturated carbocycles. The molecule has 0 spiro atoms. The van der Waals surface area contributed by atoms with Gasteiger partial charge in [-0.15, -0.1) is 10.2 Å². The molecular formula is C23H21ClFN3O2. The van der Waals surface area contributed by atoms with Gasteiger partial charge in [-0.3, -0.25) is 4.79 Å². The van der Waals surface area contributed by atoms with Gasteiger partial charge in [0.15, 0.2) is 5.82 Å². The van der Waals surface area contributed by atoms with E-state index >= 15 is 0 Å². The molecule has 0 amide bonds. The van der Waals surface area contributed by atoms with Crippen molar-refractivity contribution in [1.82, 2.24) is 15.2 Å². The van der Waals surface area contributed by atoms with Crippen molar-refractivity contribution >= 4 is 17.6 Å². The van der Waals surface area contributed by atoms with E-state index in [2.05, 4.69) is 10.2 Å². The number of carbonyl (C=O) groups excluding carboxylic acids is 1. The highest BCUT2D eigenvalue weighted by molar-refractivity contribution is 6.30. The fourth-order valence-electron chi connectivity index (χ4n) is 3.89. The van der Waals surface area contributed by atoms with Crippen LogP contribution >= 0.6 is 11.6 Å². The lowest BCUT2D eigenvalue weighted by Gasteiger charge is -2.43. The molecule has 30 heavy (non-hydrogen) atoms. The maximum atomic E-state index is 14.0. The Hall–Kier alpha value is -2.86. The summed E-state index contributed by atoms with van der Waals surface area (Å²) in [4.78, 5) is 16.5. The fraction of sp³-hybridized carbons (Fsp3) is 0.304. The molecule has 2 aromatic carbocycles. The summed E-state index contributed by atoms with van der Waals surface area (Å²) in [5.41, 5.74) is 2.39. The SMILES string of the molecule is COC(=O)CCc1nc(C2(c3ccc(Cl)cc3)CC(F)C2)nnc1-c1ccccc1. The maximum absolute atomic E-state index is 14.0. The molecule has 1 aliphatic carbocycles. The molecule has 3 aromatic rings.